The van der Waals surface area contributed by atoms with Gasteiger partial charge < -0.3 is 19.3 Å². The van der Waals surface area contributed by atoms with E-state index in [9.17, 15) is 14.3 Å². The van der Waals surface area contributed by atoms with Gasteiger partial charge in [-0.25, -0.2) is 4.39 Å². The van der Waals surface area contributed by atoms with Gasteiger partial charge in [0.1, 0.15) is 5.82 Å². The van der Waals surface area contributed by atoms with Gasteiger partial charge >= 0.3 is 0 Å². The number of hydrogen-bond acceptors (Lipinski definition) is 5. The Balaban J connectivity index is 1.46. The Morgan fingerprint density at radius 3 is 2.73 bits per heavy atom. The highest BCUT2D eigenvalue weighted by atomic mass is 19.1. The molecule has 2 atom stereocenters. The summed E-state index contributed by atoms with van der Waals surface area (Å²) in [7, 11) is 1.75. The van der Waals surface area contributed by atoms with E-state index in [-0.39, 0.29) is 18.6 Å². The zero-order chi connectivity index (χ0) is 28.4. The number of carbonyl (C=O) groups is 1. The molecule has 2 fully saturated rings. The fraction of sp³-hybridized carbons (Fsp3) is 0.562. The topological polar surface area (TPSA) is 70.8 Å². The third-order valence-corrected chi connectivity index (χ3v) is 9.05. The first-order valence-electron chi connectivity index (χ1n) is 14.7. The van der Waals surface area contributed by atoms with Crippen LogP contribution in [0.4, 0.5) is 4.39 Å². The van der Waals surface area contributed by atoms with Crippen LogP contribution in [0.25, 0.3) is 16.6 Å². The van der Waals surface area contributed by atoms with E-state index in [0.717, 1.165) is 74.9 Å². The first-order chi connectivity index (χ1) is 19.3. The minimum Gasteiger partial charge on any atom is -0.396 e. The summed E-state index contributed by atoms with van der Waals surface area (Å²) in [6.07, 6.45) is 10.8. The molecule has 2 saturated heterocycles. The number of hydrogen-bond donors (Lipinski definition) is 1. The Labute approximate surface area is 236 Å². The van der Waals surface area contributed by atoms with Crippen LogP contribution in [0, 0.1) is 24.6 Å². The van der Waals surface area contributed by atoms with Crippen molar-refractivity contribution in [3.05, 3.63) is 59.3 Å². The molecule has 2 aromatic heterocycles. The number of halogens is 1. The highest BCUT2D eigenvalue weighted by molar-refractivity contribution is 5.99. The van der Waals surface area contributed by atoms with E-state index in [1.54, 1.807) is 18.0 Å². The number of aliphatic hydroxyl groups excluding tert-OH is 1. The molecule has 0 aliphatic carbocycles. The molecule has 0 spiro atoms. The van der Waals surface area contributed by atoms with Crippen molar-refractivity contribution >= 4 is 16.8 Å². The molecule has 1 N–H and O–H groups in total. The number of likely N-dealkylation sites (tertiary alicyclic amines) is 1. The molecule has 7 nitrogen and oxygen atoms in total. The van der Waals surface area contributed by atoms with Crippen molar-refractivity contribution in [3.63, 3.8) is 0 Å². The molecule has 0 saturated carbocycles. The Kier molecular flexibility index (Phi) is 8.88. The number of rotatable bonds is 9. The van der Waals surface area contributed by atoms with Crippen molar-refractivity contribution in [3.8, 4) is 5.69 Å². The monoisotopic (exact) mass is 550 g/mol. The summed E-state index contributed by atoms with van der Waals surface area (Å²) in [4.78, 5) is 22.1. The number of carbonyl (C=O) groups excluding carboxylic acids is 1. The minimum atomic E-state index is -0.428. The van der Waals surface area contributed by atoms with Gasteiger partial charge in [-0.2, -0.15) is 0 Å². The number of aromatic nitrogens is 2. The van der Waals surface area contributed by atoms with Crippen molar-refractivity contribution in [2.24, 2.45) is 11.8 Å². The van der Waals surface area contributed by atoms with E-state index in [1.807, 2.05) is 30.8 Å². The minimum absolute atomic E-state index is 0.00870. The van der Waals surface area contributed by atoms with Gasteiger partial charge in [-0.1, -0.05) is 0 Å². The zero-order valence-electron chi connectivity index (χ0n) is 24.3. The molecular weight excluding hydrogens is 507 g/mol. The molecule has 0 bridgehead atoms. The van der Waals surface area contributed by atoms with E-state index < -0.39 is 5.82 Å². The average molecular weight is 551 g/mol. The fourth-order valence-corrected chi connectivity index (χ4v) is 6.70. The molecule has 5 rings (SSSR count). The second-order valence-corrected chi connectivity index (χ2v) is 11.9. The highest BCUT2D eigenvalue weighted by Gasteiger charge is 2.34. The van der Waals surface area contributed by atoms with Crippen LogP contribution in [-0.2, 0) is 11.2 Å². The maximum atomic E-state index is 14.4. The van der Waals surface area contributed by atoms with Crippen molar-refractivity contribution in [1.82, 2.24) is 19.4 Å². The summed E-state index contributed by atoms with van der Waals surface area (Å²) < 4.78 is 22.0. The summed E-state index contributed by atoms with van der Waals surface area (Å²) in [5, 5.41) is 11.0. The standard InChI is InChI=1S/C32H43FN4O3/c1-21(2)35(4)32(39)27-16-26(33)5-6-29(27)37-20-25(31-22(3)17-34-18-30(31)37)15-23-7-11-36(19-23)28(8-12-38)24-9-13-40-14-10-24/h5-6,16-18,20-21,23-24,28,38H,7-15,19H2,1-4H3/t23-,28?/m0/s1. The summed E-state index contributed by atoms with van der Waals surface area (Å²) in [6, 6.07) is 4.86. The molecule has 1 amide bonds. The van der Waals surface area contributed by atoms with Gasteiger partial charge in [0.2, 0.25) is 0 Å². The fourth-order valence-electron chi connectivity index (χ4n) is 6.70. The molecule has 4 heterocycles. The van der Waals surface area contributed by atoms with E-state index in [4.69, 9.17) is 4.74 Å². The highest BCUT2D eigenvalue weighted by Crippen LogP contribution is 2.34. The third kappa shape index (κ3) is 5.80. The summed E-state index contributed by atoms with van der Waals surface area (Å²) in [5.41, 5.74) is 4.26. The lowest BCUT2D eigenvalue weighted by Crippen LogP contribution is -2.42. The Hall–Kier alpha value is -2.81. The molecule has 2 aliphatic rings. The molecule has 216 valence electrons. The predicted molar refractivity (Wildman–Crippen MR) is 155 cm³/mol. The number of pyridine rings is 1. The molecule has 3 aromatic rings. The van der Waals surface area contributed by atoms with Crippen LogP contribution in [0.1, 0.15) is 61.0 Å². The Bertz CT molecular complexity index is 1330. The van der Waals surface area contributed by atoms with Gasteiger partial charge in [0, 0.05) is 63.3 Å². The lowest BCUT2D eigenvalue weighted by Gasteiger charge is -2.36. The van der Waals surface area contributed by atoms with Crippen molar-refractivity contribution in [2.45, 2.75) is 65.0 Å². The second kappa shape index (κ2) is 12.4. The van der Waals surface area contributed by atoms with E-state index in [1.165, 1.54) is 17.7 Å². The Morgan fingerprint density at radius 2 is 2.00 bits per heavy atom. The van der Waals surface area contributed by atoms with Gasteiger partial charge in [0.15, 0.2) is 0 Å². The van der Waals surface area contributed by atoms with Gasteiger partial charge in [-0.05, 0) is 101 Å². The smallest absolute Gasteiger partial charge is 0.256 e. The van der Waals surface area contributed by atoms with Crippen LogP contribution < -0.4 is 0 Å². The van der Waals surface area contributed by atoms with Crippen LogP contribution in [0.3, 0.4) is 0 Å². The molecule has 1 aromatic carbocycles. The van der Waals surface area contributed by atoms with Crippen LogP contribution >= 0.6 is 0 Å². The first-order valence-corrected chi connectivity index (χ1v) is 14.7. The van der Waals surface area contributed by atoms with Crippen LogP contribution in [0.2, 0.25) is 0 Å². The lowest BCUT2D eigenvalue weighted by atomic mass is 9.88. The number of amides is 1. The Morgan fingerprint density at radius 1 is 1.23 bits per heavy atom. The van der Waals surface area contributed by atoms with Crippen molar-refractivity contribution in [2.75, 3.05) is 40.0 Å². The largest absolute Gasteiger partial charge is 0.396 e. The summed E-state index contributed by atoms with van der Waals surface area (Å²) in [6.45, 7) is 9.89. The third-order valence-electron chi connectivity index (χ3n) is 9.05. The van der Waals surface area contributed by atoms with E-state index in [0.29, 0.717) is 29.1 Å². The summed E-state index contributed by atoms with van der Waals surface area (Å²) >= 11 is 0. The second-order valence-electron chi connectivity index (χ2n) is 11.9. The van der Waals surface area contributed by atoms with Crippen molar-refractivity contribution < 1.29 is 19.0 Å². The lowest BCUT2D eigenvalue weighted by molar-refractivity contribution is 0.0233. The average Bonchev–Trinajstić information content (AvgIpc) is 3.57. The molecule has 8 heteroatoms. The van der Waals surface area contributed by atoms with Gasteiger partial charge in [-0.3, -0.25) is 14.7 Å². The predicted octanol–water partition coefficient (Wildman–Crippen LogP) is 5.00. The maximum absolute atomic E-state index is 14.4. The first kappa shape index (κ1) is 28.7. The maximum Gasteiger partial charge on any atom is 0.256 e. The van der Waals surface area contributed by atoms with E-state index >= 15 is 0 Å². The number of fused-ring (bicyclic) bond motifs is 1. The van der Waals surface area contributed by atoms with Crippen molar-refractivity contribution in [1.29, 1.82) is 0 Å². The number of ether oxygens (including phenoxy) is 1. The molecule has 40 heavy (non-hydrogen) atoms. The number of benzene rings is 1. The molecule has 2 aliphatic heterocycles. The van der Waals surface area contributed by atoms with Gasteiger partial charge in [0.25, 0.3) is 5.91 Å². The van der Waals surface area contributed by atoms with Crippen LogP contribution in [0.15, 0.2) is 36.8 Å². The normalized spacial score (nSPS) is 19.5. The van der Waals surface area contributed by atoms with Gasteiger partial charge in [0.05, 0.1) is 23.0 Å². The number of aliphatic hydroxyl groups is 1. The van der Waals surface area contributed by atoms with Crippen LogP contribution in [0.5, 0.6) is 0 Å². The SMILES string of the molecule is Cc1cncc2c1c(C[C@@H]1CCN(C(CCO)C3CCOCC3)C1)cn2-c1ccc(F)cc1C(=O)N(C)C(C)C. The molecule has 0 radical (unpaired) electrons. The van der Waals surface area contributed by atoms with E-state index in [2.05, 4.69) is 23.0 Å². The van der Waals surface area contributed by atoms with Crippen LogP contribution in [-0.4, -0.2) is 82.4 Å². The number of aryl methyl sites for hydroxylation is 1. The number of nitrogens with zero attached hydrogens (tertiary/aromatic N) is 4. The quantitative estimate of drug-likeness (QED) is 0.406. The molecule has 1 unspecified atom stereocenters. The summed E-state index contributed by atoms with van der Waals surface area (Å²) in [5.74, 6) is 0.438. The zero-order valence-corrected chi connectivity index (χ0v) is 24.3. The van der Waals surface area contributed by atoms with Gasteiger partial charge in [-0.15, -0.1) is 0 Å². The molecular formula is C32H43FN4O3.